The summed E-state index contributed by atoms with van der Waals surface area (Å²) in [6, 6.07) is 9.84. The summed E-state index contributed by atoms with van der Waals surface area (Å²) >= 11 is 1.54. The number of H-pyrrole nitrogens is 1. The maximum Gasteiger partial charge on any atom is 0.341 e. The van der Waals surface area contributed by atoms with Crippen LogP contribution in [0.1, 0.15) is 31.6 Å². The SMILES string of the molecule is CCCn1c(=O)c2[nH]c(-c3ccc(OCC(=O)O)cc3)nc2n(CCC)c1=O.NC(=O)CNC(=O)[C@@H](N)Cc1cccs1. The molecule has 0 aliphatic carbocycles. The quantitative estimate of drug-likeness (QED) is 0.145. The minimum atomic E-state index is -1.06. The van der Waals surface area contributed by atoms with Crippen LogP contribution >= 0.6 is 11.3 Å². The molecule has 0 fully saturated rings. The molecule has 0 unspecified atom stereocenters. The zero-order chi connectivity index (χ0) is 31.5. The van der Waals surface area contributed by atoms with Crippen LogP contribution in [0.3, 0.4) is 0 Å². The Morgan fingerprint density at radius 3 is 2.35 bits per heavy atom. The molecule has 3 heterocycles. The van der Waals surface area contributed by atoms with Gasteiger partial charge in [-0.25, -0.2) is 14.6 Å². The molecule has 0 saturated heterocycles. The zero-order valence-corrected chi connectivity index (χ0v) is 24.7. The van der Waals surface area contributed by atoms with Crippen molar-refractivity contribution in [2.75, 3.05) is 13.2 Å². The third-order valence-corrected chi connectivity index (χ3v) is 6.92. The lowest BCUT2D eigenvalue weighted by Gasteiger charge is -2.09. The van der Waals surface area contributed by atoms with Crippen molar-refractivity contribution in [2.24, 2.45) is 11.5 Å². The van der Waals surface area contributed by atoms with Gasteiger partial charge in [0.25, 0.3) is 5.56 Å². The van der Waals surface area contributed by atoms with Gasteiger partial charge in [-0.05, 0) is 48.6 Å². The number of fused-ring (bicyclic) bond motifs is 1. The number of amides is 2. The molecule has 0 saturated carbocycles. The maximum absolute atomic E-state index is 12.7. The minimum absolute atomic E-state index is 0.170. The van der Waals surface area contributed by atoms with Crippen LogP contribution in [0.15, 0.2) is 51.4 Å². The fourth-order valence-electron chi connectivity index (χ4n) is 4.05. The van der Waals surface area contributed by atoms with Crippen LogP contribution < -0.4 is 32.8 Å². The number of nitrogens with two attached hydrogens (primary N) is 2. The van der Waals surface area contributed by atoms with Gasteiger partial charge < -0.3 is 31.6 Å². The summed E-state index contributed by atoms with van der Waals surface area (Å²) in [6.07, 6.45) is 1.88. The van der Waals surface area contributed by atoms with E-state index in [1.54, 1.807) is 35.6 Å². The van der Waals surface area contributed by atoms with E-state index < -0.39 is 24.5 Å². The molecule has 230 valence electrons. The van der Waals surface area contributed by atoms with E-state index in [-0.39, 0.29) is 23.7 Å². The summed E-state index contributed by atoms with van der Waals surface area (Å²) in [5.74, 6) is -1.13. The van der Waals surface area contributed by atoms with Crippen LogP contribution in [0.4, 0.5) is 0 Å². The van der Waals surface area contributed by atoms with Crippen molar-refractivity contribution in [3.63, 3.8) is 0 Å². The van der Waals surface area contributed by atoms with E-state index in [9.17, 15) is 24.0 Å². The van der Waals surface area contributed by atoms with Gasteiger partial charge in [-0.3, -0.25) is 23.5 Å². The molecule has 43 heavy (non-hydrogen) atoms. The van der Waals surface area contributed by atoms with E-state index in [4.69, 9.17) is 21.3 Å². The van der Waals surface area contributed by atoms with E-state index >= 15 is 0 Å². The van der Waals surface area contributed by atoms with Gasteiger partial charge in [0.05, 0.1) is 12.6 Å². The number of carbonyl (C=O) groups excluding carboxylic acids is 2. The number of rotatable bonds is 13. The zero-order valence-electron chi connectivity index (χ0n) is 23.9. The molecule has 7 N–H and O–H groups in total. The summed E-state index contributed by atoms with van der Waals surface area (Å²) < 4.78 is 7.88. The number of carboxylic acid groups (broad SMARTS) is 1. The first-order valence-electron chi connectivity index (χ1n) is 13.6. The molecule has 0 aliphatic heterocycles. The lowest BCUT2D eigenvalue weighted by Crippen LogP contribution is -2.44. The fraction of sp³-hybridized carbons (Fsp3) is 0.357. The Hall–Kier alpha value is -4.76. The first kappa shape index (κ1) is 32.8. The fourth-order valence-corrected chi connectivity index (χ4v) is 4.81. The average Bonchev–Trinajstić information content (AvgIpc) is 3.66. The predicted octanol–water partition coefficient (Wildman–Crippen LogP) is 1.06. The number of aryl methyl sites for hydroxylation is 1. The molecule has 1 atom stereocenters. The van der Waals surface area contributed by atoms with Gasteiger partial charge in [0.2, 0.25) is 11.8 Å². The van der Waals surface area contributed by atoms with Crippen LogP contribution in [0.5, 0.6) is 5.75 Å². The third kappa shape index (κ3) is 8.86. The van der Waals surface area contributed by atoms with Gasteiger partial charge in [0.15, 0.2) is 12.3 Å². The number of carboxylic acids is 1. The Kier molecular flexibility index (Phi) is 11.8. The van der Waals surface area contributed by atoms with E-state index in [0.29, 0.717) is 54.2 Å². The predicted molar refractivity (Wildman–Crippen MR) is 162 cm³/mol. The molecule has 2 amide bonds. The number of aromatic nitrogens is 4. The third-order valence-electron chi connectivity index (χ3n) is 6.02. The summed E-state index contributed by atoms with van der Waals surface area (Å²) in [5.41, 5.74) is 11.1. The van der Waals surface area contributed by atoms with Crippen LogP contribution in [0.25, 0.3) is 22.6 Å². The number of primary amides is 1. The molecule has 15 heteroatoms. The second-order valence-electron chi connectivity index (χ2n) is 9.46. The topological polar surface area (TPSA) is 217 Å². The molecule has 3 aromatic heterocycles. The van der Waals surface area contributed by atoms with Crippen molar-refractivity contribution in [1.82, 2.24) is 24.4 Å². The number of hydrogen-bond acceptors (Lipinski definition) is 9. The number of hydrogen-bond donors (Lipinski definition) is 5. The van der Waals surface area contributed by atoms with Crippen LogP contribution in [-0.4, -0.2) is 61.2 Å². The van der Waals surface area contributed by atoms with Crippen molar-refractivity contribution in [2.45, 2.75) is 52.2 Å². The lowest BCUT2D eigenvalue weighted by atomic mass is 10.2. The largest absolute Gasteiger partial charge is 0.482 e. The average molecular weight is 614 g/mol. The highest BCUT2D eigenvalue weighted by Crippen LogP contribution is 2.22. The number of imidazole rings is 1. The number of benzene rings is 1. The van der Waals surface area contributed by atoms with Gasteiger partial charge in [0, 0.05) is 30.0 Å². The minimum Gasteiger partial charge on any atom is -0.482 e. The van der Waals surface area contributed by atoms with Crippen molar-refractivity contribution < 1.29 is 24.2 Å². The van der Waals surface area contributed by atoms with E-state index in [1.807, 2.05) is 31.4 Å². The highest BCUT2D eigenvalue weighted by Gasteiger charge is 2.18. The molecule has 0 bridgehead atoms. The number of ether oxygens (including phenoxy) is 1. The summed E-state index contributed by atoms with van der Waals surface area (Å²) in [5, 5.41) is 12.9. The molecule has 0 spiro atoms. The number of aliphatic carboxylic acids is 1. The Balaban J connectivity index is 0.000000285. The van der Waals surface area contributed by atoms with Gasteiger partial charge >= 0.3 is 11.7 Å². The number of nitrogens with one attached hydrogen (secondary N) is 2. The Morgan fingerprint density at radius 2 is 1.77 bits per heavy atom. The number of nitrogens with zero attached hydrogens (tertiary/aromatic N) is 3. The maximum atomic E-state index is 12.7. The van der Waals surface area contributed by atoms with Crippen LogP contribution in [0.2, 0.25) is 0 Å². The van der Waals surface area contributed by atoms with Gasteiger partial charge in [-0.1, -0.05) is 19.9 Å². The van der Waals surface area contributed by atoms with Gasteiger partial charge in [-0.2, -0.15) is 0 Å². The standard InChI is InChI=1S/C19H22N4O5.C9H13N3O2S/c1-3-9-22-17-15(18(26)23(10-4-2)19(22)27)20-16(21-17)12-5-7-13(8-6-12)28-11-14(24)25;10-7(4-6-2-1-3-15-6)9(14)12-5-8(11)13/h5-8H,3-4,9-11H2,1-2H3,(H,20,21)(H,24,25);1-3,7H,4-5,10H2,(H2,11,13)(H,12,14)/t;7-/m.0/s1. The molecular formula is C28H35N7O7S. The first-order valence-corrected chi connectivity index (χ1v) is 14.5. The molecule has 4 rings (SSSR count). The summed E-state index contributed by atoms with van der Waals surface area (Å²) in [6.45, 7) is 4.08. The monoisotopic (exact) mass is 613 g/mol. The first-order chi connectivity index (χ1) is 20.5. The summed E-state index contributed by atoms with van der Waals surface area (Å²) in [4.78, 5) is 66.3. The highest BCUT2D eigenvalue weighted by atomic mass is 32.1. The van der Waals surface area contributed by atoms with Crippen LogP contribution in [-0.2, 0) is 33.9 Å². The van der Waals surface area contributed by atoms with Crippen molar-refractivity contribution >= 4 is 40.3 Å². The van der Waals surface area contributed by atoms with Gasteiger partial charge in [0.1, 0.15) is 17.1 Å². The Labute approximate surface area is 250 Å². The van der Waals surface area contributed by atoms with Gasteiger partial charge in [-0.15, -0.1) is 11.3 Å². The number of carbonyl (C=O) groups is 3. The van der Waals surface area contributed by atoms with Crippen LogP contribution in [0, 0.1) is 0 Å². The van der Waals surface area contributed by atoms with Crippen molar-refractivity contribution in [3.05, 3.63) is 67.5 Å². The van der Waals surface area contributed by atoms with Crippen molar-refractivity contribution in [1.29, 1.82) is 0 Å². The Morgan fingerprint density at radius 1 is 1.09 bits per heavy atom. The molecule has 14 nitrogen and oxygen atoms in total. The second-order valence-corrected chi connectivity index (χ2v) is 10.5. The lowest BCUT2D eigenvalue weighted by molar-refractivity contribution is -0.139. The second kappa shape index (κ2) is 15.5. The highest BCUT2D eigenvalue weighted by molar-refractivity contribution is 7.09. The number of aromatic amines is 1. The Bertz CT molecular complexity index is 1660. The van der Waals surface area contributed by atoms with Crippen molar-refractivity contribution in [3.8, 4) is 17.1 Å². The molecule has 1 aromatic carbocycles. The molecule has 0 radical (unpaired) electrons. The van der Waals surface area contributed by atoms with E-state index in [0.717, 1.165) is 11.3 Å². The van der Waals surface area contributed by atoms with E-state index in [1.165, 1.54) is 9.13 Å². The smallest absolute Gasteiger partial charge is 0.341 e. The normalized spacial score (nSPS) is 11.4. The molecule has 4 aromatic rings. The number of thiophene rings is 1. The molecule has 0 aliphatic rings. The summed E-state index contributed by atoms with van der Waals surface area (Å²) in [7, 11) is 0. The van der Waals surface area contributed by atoms with E-state index in [2.05, 4.69) is 15.3 Å². The molecular weight excluding hydrogens is 578 g/mol.